The van der Waals surface area contributed by atoms with Gasteiger partial charge in [0.25, 0.3) is 5.91 Å². The van der Waals surface area contributed by atoms with Crippen molar-refractivity contribution in [2.24, 2.45) is 0 Å². The summed E-state index contributed by atoms with van der Waals surface area (Å²) in [4.78, 5) is 12.6. The number of aryl methyl sites for hydroxylation is 2. The molecule has 2 aromatic heterocycles. The molecule has 0 aliphatic carbocycles. The zero-order chi connectivity index (χ0) is 14.8. The fraction of sp³-hybridized carbons (Fsp3) is 0.143. The summed E-state index contributed by atoms with van der Waals surface area (Å²) in [7, 11) is 0. The maximum atomic E-state index is 12.1. The lowest BCUT2D eigenvalue weighted by Gasteiger charge is -2.07. The van der Waals surface area contributed by atoms with Gasteiger partial charge in [0.15, 0.2) is 0 Å². The Morgan fingerprint density at radius 3 is 2.52 bits per heavy atom. The highest BCUT2D eigenvalue weighted by Gasteiger charge is 2.13. The van der Waals surface area contributed by atoms with Gasteiger partial charge in [-0.25, -0.2) is 4.68 Å². The number of carbonyl (C=O) groups excluding carboxylic acids is 1. The molecular formula is C14H13N5OS. The van der Waals surface area contributed by atoms with Gasteiger partial charge in [-0.3, -0.25) is 4.79 Å². The molecule has 0 saturated carbocycles. The highest BCUT2D eigenvalue weighted by molar-refractivity contribution is 7.08. The molecule has 6 nitrogen and oxygen atoms in total. The van der Waals surface area contributed by atoms with Crippen LogP contribution in [0.25, 0.3) is 5.69 Å². The molecule has 0 atom stereocenters. The van der Waals surface area contributed by atoms with Gasteiger partial charge in [0.05, 0.1) is 11.4 Å². The summed E-state index contributed by atoms with van der Waals surface area (Å²) >= 11 is 1.09. The number of anilines is 1. The molecule has 2 heterocycles. The predicted octanol–water partition coefficient (Wildman–Crippen LogP) is 2.59. The number of carbonyl (C=O) groups is 1. The van der Waals surface area contributed by atoms with Crippen LogP contribution < -0.4 is 5.32 Å². The summed E-state index contributed by atoms with van der Waals surface area (Å²) in [5.74, 6) is -0.189. The van der Waals surface area contributed by atoms with Crippen molar-refractivity contribution in [2.75, 3.05) is 5.32 Å². The number of hydrogen-bond acceptors (Lipinski definition) is 5. The van der Waals surface area contributed by atoms with E-state index in [2.05, 4.69) is 20.0 Å². The van der Waals surface area contributed by atoms with Crippen LogP contribution in [0.3, 0.4) is 0 Å². The predicted molar refractivity (Wildman–Crippen MR) is 80.9 cm³/mol. The molecule has 0 aliphatic rings. The minimum Gasteiger partial charge on any atom is -0.321 e. The quantitative estimate of drug-likeness (QED) is 0.807. The van der Waals surface area contributed by atoms with Gasteiger partial charge >= 0.3 is 0 Å². The molecule has 1 N–H and O–H groups in total. The second-order valence-corrected chi connectivity index (χ2v) is 5.33. The van der Waals surface area contributed by atoms with Gasteiger partial charge in [0.2, 0.25) is 0 Å². The van der Waals surface area contributed by atoms with Crippen molar-refractivity contribution in [2.45, 2.75) is 13.8 Å². The molecule has 1 amide bonds. The Kier molecular flexibility index (Phi) is 3.49. The van der Waals surface area contributed by atoms with E-state index in [0.717, 1.165) is 28.6 Å². The van der Waals surface area contributed by atoms with Gasteiger partial charge in [-0.2, -0.15) is 5.10 Å². The molecule has 106 valence electrons. The Labute approximate surface area is 125 Å². The smallest absolute Gasteiger partial charge is 0.269 e. The molecule has 0 fully saturated rings. The van der Waals surface area contributed by atoms with Gasteiger partial charge in [-0.15, -0.1) is 5.10 Å². The fourth-order valence-electron chi connectivity index (χ4n) is 1.95. The fourth-order valence-corrected chi connectivity index (χ4v) is 2.51. The molecule has 0 unspecified atom stereocenters. The van der Waals surface area contributed by atoms with Crippen LogP contribution in [0.15, 0.2) is 36.5 Å². The average molecular weight is 299 g/mol. The molecule has 3 aromatic rings. The normalized spacial score (nSPS) is 10.6. The first-order valence-corrected chi connectivity index (χ1v) is 7.14. The summed E-state index contributed by atoms with van der Waals surface area (Å²) in [6, 6.07) is 9.45. The first kappa shape index (κ1) is 13.4. The molecular weight excluding hydrogens is 286 g/mol. The summed E-state index contributed by atoms with van der Waals surface area (Å²) in [5, 5.41) is 10.9. The summed E-state index contributed by atoms with van der Waals surface area (Å²) in [6.07, 6.45) is 1.75. The van der Waals surface area contributed by atoms with E-state index in [-0.39, 0.29) is 5.91 Å². The maximum Gasteiger partial charge on any atom is 0.269 e. The molecule has 7 heteroatoms. The minimum absolute atomic E-state index is 0.189. The van der Waals surface area contributed by atoms with Crippen molar-refractivity contribution in [1.29, 1.82) is 0 Å². The lowest BCUT2D eigenvalue weighted by atomic mass is 10.2. The van der Waals surface area contributed by atoms with Crippen LogP contribution in [0.4, 0.5) is 5.69 Å². The third kappa shape index (κ3) is 2.68. The van der Waals surface area contributed by atoms with E-state index in [1.807, 2.05) is 41.9 Å². The minimum atomic E-state index is -0.189. The number of rotatable bonds is 3. The third-order valence-electron chi connectivity index (χ3n) is 3.06. The monoisotopic (exact) mass is 299 g/mol. The molecule has 0 spiro atoms. The zero-order valence-corrected chi connectivity index (χ0v) is 12.4. The van der Waals surface area contributed by atoms with E-state index >= 15 is 0 Å². The third-order valence-corrected chi connectivity index (χ3v) is 3.89. The van der Waals surface area contributed by atoms with E-state index < -0.39 is 0 Å². The van der Waals surface area contributed by atoms with Crippen LogP contribution in [-0.4, -0.2) is 25.3 Å². The Balaban J connectivity index is 1.78. The number of amides is 1. The highest BCUT2D eigenvalue weighted by Crippen LogP contribution is 2.17. The molecule has 21 heavy (non-hydrogen) atoms. The van der Waals surface area contributed by atoms with Crippen LogP contribution in [0, 0.1) is 13.8 Å². The maximum absolute atomic E-state index is 12.1. The number of benzene rings is 1. The van der Waals surface area contributed by atoms with Crippen LogP contribution in [0.2, 0.25) is 0 Å². The Bertz CT molecular complexity index is 775. The number of hydrogen-bond donors (Lipinski definition) is 1. The van der Waals surface area contributed by atoms with Gasteiger partial charge in [-0.1, -0.05) is 4.49 Å². The van der Waals surface area contributed by atoms with Crippen molar-refractivity contribution in [3.63, 3.8) is 0 Å². The zero-order valence-electron chi connectivity index (χ0n) is 11.6. The largest absolute Gasteiger partial charge is 0.321 e. The Morgan fingerprint density at radius 2 is 1.95 bits per heavy atom. The highest BCUT2D eigenvalue weighted by atomic mass is 32.1. The molecule has 0 aliphatic heterocycles. The Hall–Kier alpha value is -2.54. The second-order valence-electron chi connectivity index (χ2n) is 4.57. The summed E-state index contributed by atoms with van der Waals surface area (Å²) < 4.78 is 5.60. The molecule has 1 aromatic carbocycles. The lowest BCUT2D eigenvalue weighted by Crippen LogP contribution is -2.11. The van der Waals surface area contributed by atoms with Crippen LogP contribution in [-0.2, 0) is 0 Å². The van der Waals surface area contributed by atoms with Gasteiger partial charge in [0, 0.05) is 17.6 Å². The second kappa shape index (κ2) is 5.45. The first-order valence-electron chi connectivity index (χ1n) is 6.36. The van der Waals surface area contributed by atoms with Crippen molar-refractivity contribution < 1.29 is 4.79 Å². The Morgan fingerprint density at radius 1 is 1.19 bits per heavy atom. The van der Waals surface area contributed by atoms with E-state index in [0.29, 0.717) is 10.6 Å². The SMILES string of the molecule is Cc1nnsc1C(=O)Nc1ccc(-n2nccc2C)cc1. The topological polar surface area (TPSA) is 72.7 Å². The van der Waals surface area contributed by atoms with Crippen molar-refractivity contribution in [3.8, 4) is 5.69 Å². The molecule has 0 saturated heterocycles. The first-order chi connectivity index (χ1) is 10.1. The van der Waals surface area contributed by atoms with Crippen LogP contribution >= 0.6 is 11.5 Å². The van der Waals surface area contributed by atoms with Crippen LogP contribution in [0.5, 0.6) is 0 Å². The van der Waals surface area contributed by atoms with Crippen molar-refractivity contribution >= 4 is 23.1 Å². The standard InChI is InChI=1S/C14H13N5OS/c1-9-7-8-15-19(9)12-5-3-11(4-6-12)16-14(20)13-10(2)17-18-21-13/h3-8H,1-2H3,(H,16,20). The summed E-state index contributed by atoms with van der Waals surface area (Å²) in [5.41, 5.74) is 3.37. The van der Waals surface area contributed by atoms with E-state index in [1.165, 1.54) is 0 Å². The van der Waals surface area contributed by atoms with Crippen molar-refractivity contribution in [1.82, 2.24) is 19.4 Å². The van der Waals surface area contributed by atoms with Crippen LogP contribution in [0.1, 0.15) is 21.1 Å². The number of aromatic nitrogens is 4. The lowest BCUT2D eigenvalue weighted by molar-refractivity contribution is 0.103. The van der Waals surface area contributed by atoms with Gasteiger partial charge in [-0.05, 0) is 55.7 Å². The van der Waals surface area contributed by atoms with E-state index in [1.54, 1.807) is 13.1 Å². The summed E-state index contributed by atoms with van der Waals surface area (Å²) in [6.45, 7) is 3.75. The van der Waals surface area contributed by atoms with Crippen molar-refractivity contribution in [3.05, 3.63) is 52.8 Å². The van der Waals surface area contributed by atoms with E-state index in [9.17, 15) is 4.79 Å². The number of nitrogens with one attached hydrogen (secondary N) is 1. The molecule has 0 radical (unpaired) electrons. The van der Waals surface area contributed by atoms with Gasteiger partial charge in [0.1, 0.15) is 4.88 Å². The molecule has 3 rings (SSSR count). The molecule has 0 bridgehead atoms. The average Bonchev–Trinajstić information content (AvgIpc) is 3.08. The van der Waals surface area contributed by atoms with Gasteiger partial charge < -0.3 is 5.32 Å². The van der Waals surface area contributed by atoms with E-state index in [4.69, 9.17) is 0 Å². The number of nitrogens with zero attached hydrogens (tertiary/aromatic N) is 4.